The SMILES string of the molecule is C[C@H](OC1CCCC1)C(=O)Nc1ccc(Br)cc1. The molecule has 3 nitrogen and oxygen atoms in total. The number of amides is 1. The summed E-state index contributed by atoms with van der Waals surface area (Å²) in [4.78, 5) is 11.9. The Hall–Kier alpha value is -0.870. The van der Waals surface area contributed by atoms with E-state index in [-0.39, 0.29) is 12.0 Å². The highest BCUT2D eigenvalue weighted by molar-refractivity contribution is 9.10. The van der Waals surface area contributed by atoms with E-state index in [4.69, 9.17) is 4.74 Å². The Morgan fingerprint density at radius 3 is 2.56 bits per heavy atom. The lowest BCUT2D eigenvalue weighted by molar-refractivity contribution is -0.129. The van der Waals surface area contributed by atoms with Crippen molar-refractivity contribution in [1.29, 1.82) is 0 Å². The fraction of sp³-hybridized carbons (Fsp3) is 0.500. The second-order valence-electron chi connectivity index (χ2n) is 4.68. The van der Waals surface area contributed by atoms with Crippen molar-refractivity contribution in [2.24, 2.45) is 0 Å². The van der Waals surface area contributed by atoms with Gasteiger partial charge in [-0.25, -0.2) is 0 Å². The first kappa shape index (κ1) is 13.6. The number of nitrogens with one attached hydrogen (secondary N) is 1. The predicted octanol–water partition coefficient (Wildman–Crippen LogP) is 3.74. The van der Waals surface area contributed by atoms with E-state index in [1.165, 1.54) is 12.8 Å². The number of anilines is 1. The molecule has 1 aliphatic rings. The van der Waals surface area contributed by atoms with Gasteiger partial charge in [0.05, 0.1) is 6.10 Å². The topological polar surface area (TPSA) is 38.3 Å². The van der Waals surface area contributed by atoms with E-state index in [0.717, 1.165) is 23.0 Å². The molecule has 1 saturated carbocycles. The molecule has 1 fully saturated rings. The maximum Gasteiger partial charge on any atom is 0.253 e. The van der Waals surface area contributed by atoms with Gasteiger partial charge >= 0.3 is 0 Å². The first-order valence-corrected chi connectivity index (χ1v) is 7.16. The van der Waals surface area contributed by atoms with E-state index in [9.17, 15) is 4.79 Å². The highest BCUT2D eigenvalue weighted by Crippen LogP contribution is 2.22. The van der Waals surface area contributed by atoms with Crippen LogP contribution in [0.2, 0.25) is 0 Å². The normalized spacial score (nSPS) is 17.7. The Kier molecular flexibility index (Phi) is 4.78. The van der Waals surface area contributed by atoms with Gasteiger partial charge in [0.15, 0.2) is 0 Å². The Bertz CT molecular complexity index is 399. The molecule has 18 heavy (non-hydrogen) atoms. The van der Waals surface area contributed by atoms with Gasteiger partial charge < -0.3 is 10.1 Å². The van der Waals surface area contributed by atoms with Crippen molar-refractivity contribution in [3.8, 4) is 0 Å². The lowest BCUT2D eigenvalue weighted by Crippen LogP contribution is -2.30. The van der Waals surface area contributed by atoms with E-state index in [0.29, 0.717) is 0 Å². The van der Waals surface area contributed by atoms with Gasteiger partial charge in [-0.2, -0.15) is 0 Å². The molecule has 0 radical (unpaired) electrons. The largest absolute Gasteiger partial charge is 0.365 e. The zero-order chi connectivity index (χ0) is 13.0. The van der Waals surface area contributed by atoms with Crippen LogP contribution in [0, 0.1) is 0 Å². The van der Waals surface area contributed by atoms with E-state index in [2.05, 4.69) is 21.2 Å². The van der Waals surface area contributed by atoms with Gasteiger partial charge in [0, 0.05) is 10.2 Å². The van der Waals surface area contributed by atoms with E-state index < -0.39 is 6.10 Å². The Balaban J connectivity index is 1.84. The van der Waals surface area contributed by atoms with E-state index in [1.807, 2.05) is 31.2 Å². The Labute approximate surface area is 116 Å². The minimum absolute atomic E-state index is 0.0794. The Morgan fingerprint density at radius 2 is 1.94 bits per heavy atom. The van der Waals surface area contributed by atoms with Crippen LogP contribution < -0.4 is 5.32 Å². The van der Waals surface area contributed by atoms with Crippen LogP contribution in [0.4, 0.5) is 5.69 Å². The zero-order valence-electron chi connectivity index (χ0n) is 10.5. The van der Waals surface area contributed by atoms with Crippen molar-refractivity contribution in [2.75, 3.05) is 5.32 Å². The number of carbonyl (C=O) groups is 1. The first-order chi connectivity index (χ1) is 8.65. The molecule has 1 atom stereocenters. The van der Waals surface area contributed by atoms with Crippen molar-refractivity contribution >= 4 is 27.5 Å². The summed E-state index contributed by atoms with van der Waals surface area (Å²) < 4.78 is 6.74. The third-order valence-electron chi connectivity index (χ3n) is 3.18. The molecule has 0 bridgehead atoms. The van der Waals surface area contributed by atoms with Crippen LogP contribution in [0.15, 0.2) is 28.7 Å². The standard InChI is InChI=1S/C14H18BrNO2/c1-10(18-13-4-2-3-5-13)14(17)16-12-8-6-11(15)7-9-12/h6-10,13H,2-5H2,1H3,(H,16,17)/t10-/m0/s1. The molecule has 1 aromatic carbocycles. The quantitative estimate of drug-likeness (QED) is 0.920. The summed E-state index contributed by atoms with van der Waals surface area (Å²) in [6, 6.07) is 7.53. The van der Waals surface area contributed by atoms with Crippen molar-refractivity contribution in [3.63, 3.8) is 0 Å². The average Bonchev–Trinajstić information content (AvgIpc) is 2.85. The number of rotatable bonds is 4. The van der Waals surface area contributed by atoms with Gasteiger partial charge in [0.2, 0.25) is 0 Å². The summed E-state index contributed by atoms with van der Waals surface area (Å²) in [5, 5.41) is 2.86. The van der Waals surface area contributed by atoms with Gasteiger partial charge in [-0.05, 0) is 44.0 Å². The van der Waals surface area contributed by atoms with Crippen molar-refractivity contribution in [1.82, 2.24) is 0 Å². The van der Waals surface area contributed by atoms with Crippen LogP contribution in [0.25, 0.3) is 0 Å². The smallest absolute Gasteiger partial charge is 0.253 e. The van der Waals surface area contributed by atoms with Crippen LogP contribution in [0.3, 0.4) is 0 Å². The molecule has 1 amide bonds. The molecule has 1 aromatic rings. The minimum atomic E-state index is -0.392. The van der Waals surface area contributed by atoms with Crippen molar-refractivity contribution in [3.05, 3.63) is 28.7 Å². The van der Waals surface area contributed by atoms with Gasteiger partial charge in [-0.1, -0.05) is 28.8 Å². The van der Waals surface area contributed by atoms with Crippen molar-refractivity contribution in [2.45, 2.75) is 44.8 Å². The molecule has 0 unspecified atom stereocenters. The summed E-state index contributed by atoms with van der Waals surface area (Å²) in [5.74, 6) is -0.0794. The molecule has 2 rings (SSSR count). The number of carbonyl (C=O) groups excluding carboxylic acids is 1. The Morgan fingerprint density at radius 1 is 1.33 bits per heavy atom. The van der Waals surface area contributed by atoms with Crippen LogP contribution >= 0.6 is 15.9 Å². The maximum absolute atomic E-state index is 11.9. The van der Waals surface area contributed by atoms with Crippen molar-refractivity contribution < 1.29 is 9.53 Å². The summed E-state index contributed by atoms with van der Waals surface area (Å²) in [6.45, 7) is 1.81. The molecule has 1 N–H and O–H groups in total. The van der Waals surface area contributed by atoms with Crippen LogP contribution in [0.1, 0.15) is 32.6 Å². The zero-order valence-corrected chi connectivity index (χ0v) is 12.1. The third-order valence-corrected chi connectivity index (χ3v) is 3.71. The molecule has 0 aliphatic heterocycles. The summed E-state index contributed by atoms with van der Waals surface area (Å²) >= 11 is 3.36. The maximum atomic E-state index is 11.9. The lowest BCUT2D eigenvalue weighted by atomic mass is 10.2. The number of ether oxygens (including phenoxy) is 1. The summed E-state index contributed by atoms with van der Waals surface area (Å²) in [7, 11) is 0. The summed E-state index contributed by atoms with van der Waals surface area (Å²) in [6.07, 6.45) is 4.45. The average molecular weight is 312 g/mol. The molecule has 0 heterocycles. The first-order valence-electron chi connectivity index (χ1n) is 6.37. The van der Waals surface area contributed by atoms with Crippen LogP contribution in [-0.4, -0.2) is 18.1 Å². The third kappa shape index (κ3) is 3.82. The second kappa shape index (κ2) is 6.34. The van der Waals surface area contributed by atoms with Gasteiger partial charge in [-0.15, -0.1) is 0 Å². The highest BCUT2D eigenvalue weighted by atomic mass is 79.9. The second-order valence-corrected chi connectivity index (χ2v) is 5.60. The number of hydrogen-bond acceptors (Lipinski definition) is 2. The van der Waals surface area contributed by atoms with Gasteiger partial charge in [0.25, 0.3) is 5.91 Å². The highest BCUT2D eigenvalue weighted by Gasteiger charge is 2.22. The minimum Gasteiger partial charge on any atom is -0.365 e. The number of halogens is 1. The lowest BCUT2D eigenvalue weighted by Gasteiger charge is -2.18. The molecule has 0 spiro atoms. The van der Waals surface area contributed by atoms with Gasteiger partial charge in [-0.3, -0.25) is 4.79 Å². The van der Waals surface area contributed by atoms with E-state index in [1.54, 1.807) is 0 Å². The molecular weight excluding hydrogens is 294 g/mol. The molecule has 4 heteroatoms. The monoisotopic (exact) mass is 311 g/mol. The number of hydrogen-bond donors (Lipinski definition) is 1. The molecule has 98 valence electrons. The number of benzene rings is 1. The molecule has 0 aromatic heterocycles. The predicted molar refractivity (Wildman–Crippen MR) is 75.6 cm³/mol. The molecule has 0 saturated heterocycles. The summed E-state index contributed by atoms with van der Waals surface area (Å²) in [5.41, 5.74) is 0.796. The fourth-order valence-electron chi connectivity index (χ4n) is 2.15. The van der Waals surface area contributed by atoms with E-state index >= 15 is 0 Å². The van der Waals surface area contributed by atoms with Gasteiger partial charge in [0.1, 0.15) is 6.10 Å². The molecule has 1 aliphatic carbocycles. The molecular formula is C14H18BrNO2. The fourth-order valence-corrected chi connectivity index (χ4v) is 2.42. The van der Waals surface area contributed by atoms with Crippen LogP contribution in [-0.2, 0) is 9.53 Å². The van der Waals surface area contributed by atoms with Crippen LogP contribution in [0.5, 0.6) is 0 Å².